The van der Waals surface area contributed by atoms with Crippen LogP contribution in [0.1, 0.15) is 17.5 Å². The van der Waals surface area contributed by atoms with Crippen LogP contribution >= 0.6 is 0 Å². The smallest absolute Gasteiger partial charge is 0.243 e. The van der Waals surface area contributed by atoms with E-state index in [4.69, 9.17) is 0 Å². The van der Waals surface area contributed by atoms with Crippen molar-refractivity contribution in [2.24, 2.45) is 0 Å². The first-order valence-electron chi connectivity index (χ1n) is 5.49. The number of hydrogen-bond donors (Lipinski definition) is 3. The van der Waals surface area contributed by atoms with Crippen molar-refractivity contribution >= 4 is 17.5 Å². The third-order valence-corrected chi connectivity index (χ3v) is 2.87. The highest BCUT2D eigenvalue weighted by Gasteiger charge is 2.27. The molecule has 17 heavy (non-hydrogen) atoms. The summed E-state index contributed by atoms with van der Waals surface area (Å²) >= 11 is 0. The highest BCUT2D eigenvalue weighted by atomic mass is 16.2. The molecular weight excluding hydrogens is 218 g/mol. The lowest BCUT2D eigenvalue weighted by molar-refractivity contribution is -0.121. The van der Waals surface area contributed by atoms with Crippen LogP contribution in [0.2, 0.25) is 0 Å². The number of hydrazine groups is 1. The van der Waals surface area contributed by atoms with Crippen molar-refractivity contribution in [2.75, 3.05) is 5.32 Å². The van der Waals surface area contributed by atoms with Crippen LogP contribution in [-0.4, -0.2) is 17.9 Å². The van der Waals surface area contributed by atoms with Gasteiger partial charge in [-0.2, -0.15) is 0 Å². The lowest BCUT2D eigenvalue weighted by atomic mass is 10.1. The number of hydrogen-bond acceptors (Lipinski definition) is 3. The van der Waals surface area contributed by atoms with E-state index < -0.39 is 6.04 Å². The fraction of sp³-hybridized carbons (Fsp3) is 0.333. The Labute approximate surface area is 99.6 Å². The highest BCUT2D eigenvalue weighted by Crippen LogP contribution is 2.14. The zero-order valence-electron chi connectivity index (χ0n) is 9.83. The van der Waals surface area contributed by atoms with E-state index in [2.05, 4.69) is 16.2 Å². The predicted octanol–water partition coefficient (Wildman–Crippen LogP) is 0.635. The molecule has 3 N–H and O–H groups in total. The van der Waals surface area contributed by atoms with Gasteiger partial charge in [-0.15, -0.1) is 0 Å². The molecule has 1 fully saturated rings. The van der Waals surface area contributed by atoms with Gasteiger partial charge in [-0.3, -0.25) is 15.0 Å². The lowest BCUT2D eigenvalue weighted by Gasteiger charge is -2.11. The Kier molecular flexibility index (Phi) is 3.10. The zero-order valence-corrected chi connectivity index (χ0v) is 9.83. The summed E-state index contributed by atoms with van der Waals surface area (Å²) in [4.78, 5) is 22.7. The Hall–Kier alpha value is -1.88. The predicted molar refractivity (Wildman–Crippen MR) is 64.2 cm³/mol. The SMILES string of the molecule is Cc1ccc(NC(=O)C2CC(=O)NN2)cc1C. The number of carbonyl (C=O) groups is 2. The molecule has 0 bridgehead atoms. The molecule has 1 heterocycles. The molecule has 90 valence electrons. The number of anilines is 1. The molecule has 5 nitrogen and oxygen atoms in total. The van der Waals surface area contributed by atoms with Gasteiger partial charge in [0.05, 0.1) is 6.42 Å². The molecule has 0 radical (unpaired) electrons. The van der Waals surface area contributed by atoms with Gasteiger partial charge < -0.3 is 5.32 Å². The monoisotopic (exact) mass is 233 g/mol. The van der Waals surface area contributed by atoms with Crippen molar-refractivity contribution in [2.45, 2.75) is 26.3 Å². The molecule has 1 saturated heterocycles. The summed E-state index contributed by atoms with van der Waals surface area (Å²) in [6, 6.07) is 5.22. The Morgan fingerprint density at radius 3 is 2.71 bits per heavy atom. The molecule has 0 aliphatic carbocycles. The maximum absolute atomic E-state index is 11.8. The summed E-state index contributed by atoms with van der Waals surface area (Å²) < 4.78 is 0. The van der Waals surface area contributed by atoms with Crippen LogP contribution in [0.5, 0.6) is 0 Å². The molecule has 5 heteroatoms. The van der Waals surface area contributed by atoms with Crippen molar-refractivity contribution in [3.05, 3.63) is 29.3 Å². The maximum atomic E-state index is 11.8. The van der Waals surface area contributed by atoms with E-state index in [0.717, 1.165) is 11.3 Å². The molecule has 1 aromatic carbocycles. The Bertz CT molecular complexity index is 471. The van der Waals surface area contributed by atoms with Gasteiger partial charge in [-0.25, -0.2) is 5.43 Å². The van der Waals surface area contributed by atoms with Crippen molar-refractivity contribution in [3.63, 3.8) is 0 Å². The summed E-state index contributed by atoms with van der Waals surface area (Å²) in [7, 11) is 0. The van der Waals surface area contributed by atoms with Crippen molar-refractivity contribution in [1.82, 2.24) is 10.9 Å². The summed E-state index contributed by atoms with van der Waals surface area (Å²) in [5.41, 5.74) is 8.10. The summed E-state index contributed by atoms with van der Waals surface area (Å²) in [6.45, 7) is 4.01. The molecule has 1 aliphatic heterocycles. The standard InChI is InChI=1S/C12H15N3O2/c1-7-3-4-9(5-8(7)2)13-12(17)10-6-11(16)15-14-10/h3-5,10,14H,6H2,1-2H3,(H,13,17)(H,15,16). The number of carbonyl (C=O) groups excluding carboxylic acids is 2. The molecular formula is C12H15N3O2. The average molecular weight is 233 g/mol. The van der Waals surface area contributed by atoms with Gasteiger partial charge in [0, 0.05) is 5.69 Å². The largest absolute Gasteiger partial charge is 0.325 e. The second-order valence-electron chi connectivity index (χ2n) is 4.24. The van der Waals surface area contributed by atoms with Gasteiger partial charge >= 0.3 is 0 Å². The first-order chi connectivity index (χ1) is 8.06. The van der Waals surface area contributed by atoms with E-state index in [1.165, 1.54) is 5.56 Å². The minimum absolute atomic E-state index is 0.162. The van der Waals surface area contributed by atoms with Crippen LogP contribution in [-0.2, 0) is 9.59 Å². The van der Waals surface area contributed by atoms with Crippen LogP contribution < -0.4 is 16.2 Å². The van der Waals surface area contributed by atoms with Gasteiger partial charge in [-0.05, 0) is 37.1 Å². The molecule has 1 unspecified atom stereocenters. The third-order valence-electron chi connectivity index (χ3n) is 2.87. The molecule has 1 aliphatic rings. The molecule has 0 aromatic heterocycles. The number of amides is 2. The molecule has 1 atom stereocenters. The van der Waals surface area contributed by atoms with Gasteiger partial charge in [0.1, 0.15) is 6.04 Å². The summed E-state index contributed by atoms with van der Waals surface area (Å²) in [6.07, 6.45) is 0.177. The van der Waals surface area contributed by atoms with Gasteiger partial charge in [0.2, 0.25) is 11.8 Å². The zero-order chi connectivity index (χ0) is 12.4. The summed E-state index contributed by atoms with van der Waals surface area (Å²) in [5.74, 6) is -0.364. The summed E-state index contributed by atoms with van der Waals surface area (Å²) in [5, 5.41) is 2.78. The van der Waals surface area contributed by atoms with Crippen molar-refractivity contribution in [3.8, 4) is 0 Å². The van der Waals surface area contributed by atoms with E-state index in [0.29, 0.717) is 0 Å². The van der Waals surface area contributed by atoms with Crippen LogP contribution in [0.4, 0.5) is 5.69 Å². The van der Waals surface area contributed by atoms with Crippen LogP contribution in [0.15, 0.2) is 18.2 Å². The van der Waals surface area contributed by atoms with Gasteiger partial charge in [-0.1, -0.05) is 6.07 Å². The fourth-order valence-corrected chi connectivity index (χ4v) is 1.66. The van der Waals surface area contributed by atoms with Gasteiger partial charge in [0.25, 0.3) is 0 Å². The van der Waals surface area contributed by atoms with Gasteiger partial charge in [0.15, 0.2) is 0 Å². The van der Waals surface area contributed by atoms with E-state index >= 15 is 0 Å². The van der Waals surface area contributed by atoms with E-state index in [-0.39, 0.29) is 18.2 Å². The Morgan fingerprint density at radius 2 is 2.12 bits per heavy atom. The average Bonchev–Trinajstić information content (AvgIpc) is 2.70. The van der Waals surface area contributed by atoms with Crippen LogP contribution in [0.3, 0.4) is 0 Å². The number of rotatable bonds is 2. The van der Waals surface area contributed by atoms with E-state index in [1.54, 1.807) is 0 Å². The van der Waals surface area contributed by atoms with Crippen molar-refractivity contribution in [1.29, 1.82) is 0 Å². The van der Waals surface area contributed by atoms with E-state index in [9.17, 15) is 9.59 Å². The molecule has 0 spiro atoms. The third kappa shape index (κ3) is 2.62. The normalized spacial score (nSPS) is 18.9. The lowest BCUT2D eigenvalue weighted by Crippen LogP contribution is -2.39. The Morgan fingerprint density at radius 1 is 1.35 bits per heavy atom. The maximum Gasteiger partial charge on any atom is 0.243 e. The van der Waals surface area contributed by atoms with Crippen LogP contribution in [0, 0.1) is 13.8 Å². The minimum Gasteiger partial charge on any atom is -0.325 e. The second-order valence-corrected chi connectivity index (χ2v) is 4.24. The molecule has 0 saturated carbocycles. The number of nitrogens with one attached hydrogen (secondary N) is 3. The number of benzene rings is 1. The molecule has 1 aromatic rings. The molecule has 2 rings (SSSR count). The number of aryl methyl sites for hydroxylation is 2. The quantitative estimate of drug-likeness (QED) is 0.702. The van der Waals surface area contributed by atoms with Crippen molar-refractivity contribution < 1.29 is 9.59 Å². The topological polar surface area (TPSA) is 70.2 Å². The minimum atomic E-state index is -0.496. The highest BCUT2D eigenvalue weighted by molar-refractivity contribution is 5.99. The van der Waals surface area contributed by atoms with Crippen LogP contribution in [0.25, 0.3) is 0 Å². The fourth-order valence-electron chi connectivity index (χ4n) is 1.66. The second kappa shape index (κ2) is 4.55. The first kappa shape index (κ1) is 11.6. The Balaban J connectivity index is 2.03. The van der Waals surface area contributed by atoms with E-state index in [1.807, 2.05) is 32.0 Å². The molecule has 2 amide bonds. The first-order valence-corrected chi connectivity index (χ1v) is 5.49.